The predicted molar refractivity (Wildman–Crippen MR) is 115 cm³/mol. The summed E-state index contributed by atoms with van der Waals surface area (Å²) in [7, 11) is 0. The molecule has 5 rings (SSSR count). The molecule has 0 bridgehead atoms. The molecule has 4 heterocycles. The number of aromatic nitrogens is 4. The van der Waals surface area contributed by atoms with E-state index in [1.807, 2.05) is 18.2 Å². The summed E-state index contributed by atoms with van der Waals surface area (Å²) in [6.45, 7) is 1.45. The summed E-state index contributed by atoms with van der Waals surface area (Å²) in [6.07, 6.45) is 0.272. The van der Waals surface area contributed by atoms with Crippen LogP contribution in [0.4, 0.5) is 8.78 Å². The minimum atomic E-state index is -2.72. The van der Waals surface area contributed by atoms with Crippen molar-refractivity contribution in [3.63, 3.8) is 0 Å². The zero-order valence-corrected chi connectivity index (χ0v) is 17.4. The molecule has 0 radical (unpaired) electrons. The Balaban J connectivity index is 1.64. The SMILES string of the molecule is Cc1nc2ccccn2c1C(=O)N1CCCC1c1nc2ccccc2c(=O)n1CC(F)F. The number of hydrogen-bond donors (Lipinski definition) is 0. The highest BCUT2D eigenvalue weighted by molar-refractivity contribution is 5.95. The van der Waals surface area contributed by atoms with Gasteiger partial charge in [0.05, 0.1) is 29.2 Å². The van der Waals surface area contributed by atoms with Gasteiger partial charge in [-0.25, -0.2) is 18.7 Å². The molecule has 1 aliphatic heterocycles. The molecule has 1 atom stereocenters. The zero-order chi connectivity index (χ0) is 22.4. The lowest BCUT2D eigenvalue weighted by Crippen LogP contribution is -2.37. The van der Waals surface area contributed by atoms with E-state index in [0.717, 1.165) is 4.57 Å². The van der Waals surface area contributed by atoms with E-state index in [0.29, 0.717) is 41.9 Å². The number of para-hydroxylation sites is 1. The average Bonchev–Trinajstić information content (AvgIpc) is 3.39. The topological polar surface area (TPSA) is 72.5 Å². The largest absolute Gasteiger partial charge is 0.327 e. The number of pyridine rings is 1. The molecule has 0 saturated carbocycles. The summed E-state index contributed by atoms with van der Waals surface area (Å²) >= 11 is 0. The molecule has 164 valence electrons. The number of hydrogen-bond acceptors (Lipinski definition) is 4. The Kier molecular flexibility index (Phi) is 4.96. The van der Waals surface area contributed by atoms with Crippen LogP contribution in [0.25, 0.3) is 16.6 Å². The van der Waals surface area contributed by atoms with Crippen LogP contribution in [0, 0.1) is 6.92 Å². The minimum Gasteiger partial charge on any atom is -0.327 e. The van der Waals surface area contributed by atoms with E-state index in [2.05, 4.69) is 9.97 Å². The maximum atomic E-state index is 13.6. The van der Waals surface area contributed by atoms with Gasteiger partial charge in [-0.1, -0.05) is 18.2 Å². The standard InChI is InChI=1S/C23H21F2N5O2/c1-14-20(29-11-5-4-10-19(29)26-14)23(32)28-12-6-9-17(28)21-27-16-8-3-2-7-15(16)22(31)30(21)13-18(24)25/h2-5,7-8,10-11,17-18H,6,9,12-13H2,1H3. The van der Waals surface area contributed by atoms with Crippen molar-refractivity contribution in [1.82, 2.24) is 23.8 Å². The number of carbonyl (C=O) groups excluding carboxylic acids is 1. The fourth-order valence-corrected chi connectivity index (χ4v) is 4.54. The number of aryl methyl sites for hydroxylation is 1. The van der Waals surface area contributed by atoms with Crippen LogP contribution >= 0.6 is 0 Å². The lowest BCUT2D eigenvalue weighted by Gasteiger charge is -2.26. The Morgan fingerprint density at radius 3 is 2.75 bits per heavy atom. The molecule has 1 aliphatic rings. The lowest BCUT2D eigenvalue weighted by atomic mass is 10.1. The van der Waals surface area contributed by atoms with Gasteiger partial charge in [0.2, 0.25) is 0 Å². The number of amides is 1. The molecule has 3 aromatic heterocycles. The third-order valence-corrected chi connectivity index (χ3v) is 5.93. The molecule has 0 aliphatic carbocycles. The lowest BCUT2D eigenvalue weighted by molar-refractivity contribution is 0.0713. The number of carbonyl (C=O) groups is 1. The van der Waals surface area contributed by atoms with Crippen molar-refractivity contribution in [3.8, 4) is 0 Å². The molecule has 1 fully saturated rings. The van der Waals surface area contributed by atoms with Crippen LogP contribution < -0.4 is 5.56 Å². The Morgan fingerprint density at radius 2 is 1.94 bits per heavy atom. The summed E-state index contributed by atoms with van der Waals surface area (Å²) < 4.78 is 29.6. The number of benzene rings is 1. The summed E-state index contributed by atoms with van der Waals surface area (Å²) in [5, 5.41) is 0.283. The molecule has 1 unspecified atom stereocenters. The number of rotatable bonds is 4. The minimum absolute atomic E-state index is 0.200. The smallest absolute Gasteiger partial charge is 0.273 e. The average molecular weight is 437 g/mol. The van der Waals surface area contributed by atoms with Crippen LogP contribution in [-0.4, -0.2) is 42.7 Å². The third kappa shape index (κ3) is 3.24. The Labute approximate surface area is 181 Å². The van der Waals surface area contributed by atoms with Crippen LogP contribution in [0.5, 0.6) is 0 Å². The number of likely N-dealkylation sites (tertiary alicyclic amines) is 1. The van der Waals surface area contributed by atoms with E-state index in [-0.39, 0.29) is 17.1 Å². The number of imidazole rings is 1. The first-order chi connectivity index (χ1) is 15.5. The number of alkyl halides is 2. The van der Waals surface area contributed by atoms with Crippen molar-refractivity contribution in [2.75, 3.05) is 6.54 Å². The van der Waals surface area contributed by atoms with E-state index < -0.39 is 24.6 Å². The van der Waals surface area contributed by atoms with E-state index in [1.165, 1.54) is 0 Å². The van der Waals surface area contributed by atoms with Crippen molar-refractivity contribution < 1.29 is 13.6 Å². The molecule has 32 heavy (non-hydrogen) atoms. The number of nitrogens with zero attached hydrogens (tertiary/aromatic N) is 5. The Hall–Kier alpha value is -3.62. The first kappa shape index (κ1) is 20.3. The molecule has 0 N–H and O–H groups in total. The Bertz CT molecular complexity index is 1390. The summed E-state index contributed by atoms with van der Waals surface area (Å²) in [5.41, 5.74) is 1.58. The van der Waals surface area contributed by atoms with Gasteiger partial charge >= 0.3 is 0 Å². The van der Waals surface area contributed by atoms with Gasteiger partial charge in [-0.15, -0.1) is 0 Å². The van der Waals surface area contributed by atoms with Gasteiger partial charge in [-0.3, -0.25) is 18.6 Å². The molecular formula is C23H21F2N5O2. The molecule has 1 aromatic carbocycles. The molecule has 1 saturated heterocycles. The Morgan fingerprint density at radius 1 is 1.16 bits per heavy atom. The van der Waals surface area contributed by atoms with E-state index in [1.54, 1.807) is 46.7 Å². The van der Waals surface area contributed by atoms with Crippen LogP contribution in [0.2, 0.25) is 0 Å². The zero-order valence-electron chi connectivity index (χ0n) is 17.4. The fraction of sp³-hybridized carbons (Fsp3) is 0.304. The second kappa shape index (κ2) is 7.81. The van der Waals surface area contributed by atoms with Crippen molar-refractivity contribution in [2.45, 2.75) is 38.8 Å². The van der Waals surface area contributed by atoms with Gasteiger partial charge in [0.1, 0.15) is 17.2 Å². The monoisotopic (exact) mass is 437 g/mol. The highest BCUT2D eigenvalue weighted by Gasteiger charge is 2.36. The predicted octanol–water partition coefficient (Wildman–Crippen LogP) is 3.60. The van der Waals surface area contributed by atoms with Crippen LogP contribution in [0.15, 0.2) is 53.5 Å². The van der Waals surface area contributed by atoms with Gasteiger partial charge in [0, 0.05) is 12.7 Å². The molecule has 0 spiro atoms. The van der Waals surface area contributed by atoms with Crippen molar-refractivity contribution >= 4 is 22.5 Å². The highest BCUT2D eigenvalue weighted by atomic mass is 19.3. The normalized spacial score (nSPS) is 16.5. The van der Waals surface area contributed by atoms with Gasteiger partial charge in [0.15, 0.2) is 0 Å². The summed E-state index contributed by atoms with van der Waals surface area (Å²) in [6, 6.07) is 11.6. The number of fused-ring (bicyclic) bond motifs is 2. The van der Waals surface area contributed by atoms with Gasteiger partial charge in [0.25, 0.3) is 17.9 Å². The van der Waals surface area contributed by atoms with E-state index >= 15 is 0 Å². The fourth-order valence-electron chi connectivity index (χ4n) is 4.54. The van der Waals surface area contributed by atoms with Crippen molar-refractivity contribution in [2.24, 2.45) is 0 Å². The maximum absolute atomic E-state index is 13.6. The van der Waals surface area contributed by atoms with Crippen LogP contribution in [0.3, 0.4) is 0 Å². The summed E-state index contributed by atoms with van der Waals surface area (Å²) in [4.78, 5) is 37.3. The molecule has 1 amide bonds. The third-order valence-electron chi connectivity index (χ3n) is 5.93. The van der Waals surface area contributed by atoms with Gasteiger partial charge in [-0.2, -0.15) is 0 Å². The van der Waals surface area contributed by atoms with Crippen LogP contribution in [-0.2, 0) is 6.54 Å². The quantitative estimate of drug-likeness (QED) is 0.489. The van der Waals surface area contributed by atoms with Crippen molar-refractivity contribution in [3.05, 3.63) is 76.2 Å². The maximum Gasteiger partial charge on any atom is 0.273 e. The van der Waals surface area contributed by atoms with E-state index in [4.69, 9.17) is 0 Å². The first-order valence-electron chi connectivity index (χ1n) is 10.5. The van der Waals surface area contributed by atoms with Crippen molar-refractivity contribution in [1.29, 1.82) is 0 Å². The van der Waals surface area contributed by atoms with E-state index in [9.17, 15) is 18.4 Å². The van der Waals surface area contributed by atoms with Crippen LogP contribution in [0.1, 0.15) is 40.9 Å². The highest BCUT2D eigenvalue weighted by Crippen LogP contribution is 2.33. The molecule has 7 nitrogen and oxygen atoms in total. The van der Waals surface area contributed by atoms with Gasteiger partial charge < -0.3 is 4.90 Å². The summed E-state index contributed by atoms with van der Waals surface area (Å²) in [5.74, 6) is -0.0546. The molecular weight excluding hydrogens is 416 g/mol. The molecule has 4 aromatic rings. The first-order valence-corrected chi connectivity index (χ1v) is 10.5. The second-order valence-corrected chi connectivity index (χ2v) is 7.93. The second-order valence-electron chi connectivity index (χ2n) is 7.93. The number of halogens is 2. The van der Waals surface area contributed by atoms with Gasteiger partial charge in [-0.05, 0) is 44.0 Å². The molecule has 9 heteroatoms.